The number of carboxylic acids is 1. The number of piperidine rings is 2. The van der Waals surface area contributed by atoms with Gasteiger partial charge >= 0.3 is 5.97 Å². The van der Waals surface area contributed by atoms with Gasteiger partial charge in [-0.2, -0.15) is 0 Å². The Balaban J connectivity index is 1.32. The minimum Gasteiger partial charge on any atom is -0.481 e. The number of hydrogen-bond acceptors (Lipinski definition) is 6. The maximum atomic E-state index is 14.2. The summed E-state index contributed by atoms with van der Waals surface area (Å²) >= 11 is 0. The second-order valence-electron chi connectivity index (χ2n) is 13.1. The number of hydrogen-bond donors (Lipinski definition) is 1. The van der Waals surface area contributed by atoms with Crippen LogP contribution in [-0.2, 0) is 9.63 Å². The molecule has 3 unspecified atom stereocenters. The molecule has 4 fully saturated rings. The fourth-order valence-corrected chi connectivity index (χ4v) is 9.01. The first kappa shape index (κ1) is 28.4. The maximum absolute atomic E-state index is 14.2. The Bertz CT molecular complexity index is 1310. The molecule has 4 bridgehead atoms. The number of oxime groups is 1. The number of carboxylic acid groups (broad SMARTS) is 1. The monoisotopic (exact) mass is 562 g/mol. The van der Waals surface area contributed by atoms with Gasteiger partial charge in [0, 0.05) is 30.6 Å². The molecule has 0 spiro atoms. The molecule has 1 aromatic heterocycles. The van der Waals surface area contributed by atoms with Crippen molar-refractivity contribution < 1.29 is 14.7 Å². The lowest BCUT2D eigenvalue weighted by Gasteiger charge is -2.56. The third-order valence-electron chi connectivity index (χ3n) is 10.5. The summed E-state index contributed by atoms with van der Waals surface area (Å²) in [5, 5.41) is 13.5. The second kappa shape index (κ2) is 12.2. The van der Waals surface area contributed by atoms with E-state index >= 15 is 0 Å². The molecule has 1 aromatic carbocycles. The predicted molar refractivity (Wildman–Crippen MR) is 160 cm³/mol. The second-order valence-corrected chi connectivity index (χ2v) is 13.1. The van der Waals surface area contributed by atoms with Crippen LogP contribution >= 0.6 is 0 Å². The number of rotatable bonds is 9. The molecule has 6 rings (SSSR count). The van der Waals surface area contributed by atoms with E-state index in [4.69, 9.17) is 9.82 Å². The summed E-state index contributed by atoms with van der Waals surface area (Å²) in [6.45, 7) is 4.52. The van der Waals surface area contributed by atoms with Gasteiger partial charge in [-0.25, -0.2) is 4.98 Å². The van der Waals surface area contributed by atoms with Crippen molar-refractivity contribution in [3.8, 4) is 0 Å². The molecule has 7 atom stereocenters. The van der Waals surface area contributed by atoms with Crippen LogP contribution in [0.25, 0.3) is 11.0 Å². The first-order chi connectivity index (χ1) is 19.9. The summed E-state index contributed by atoms with van der Waals surface area (Å²) in [4.78, 5) is 38.6. The molecule has 41 heavy (non-hydrogen) atoms. The Morgan fingerprint density at radius 3 is 2.32 bits per heavy atom. The first-order valence-electron chi connectivity index (χ1n) is 16.1. The topological polar surface area (TPSA) is 97.0 Å². The largest absolute Gasteiger partial charge is 0.481 e. The van der Waals surface area contributed by atoms with Crippen LogP contribution in [0.5, 0.6) is 0 Å². The molecule has 8 nitrogen and oxygen atoms in total. The van der Waals surface area contributed by atoms with Gasteiger partial charge in [0.1, 0.15) is 12.3 Å². The van der Waals surface area contributed by atoms with Crippen LogP contribution in [0.4, 0.5) is 0 Å². The number of nitrogens with zero attached hydrogens (tertiary/aromatic N) is 4. The lowest BCUT2D eigenvalue weighted by molar-refractivity contribution is -0.136. The quantitative estimate of drug-likeness (QED) is 0.290. The van der Waals surface area contributed by atoms with E-state index in [1.807, 2.05) is 35.8 Å². The summed E-state index contributed by atoms with van der Waals surface area (Å²) in [6.07, 6.45) is 13.9. The first-order valence-corrected chi connectivity index (χ1v) is 16.1. The Kier molecular flexibility index (Phi) is 8.47. The normalized spacial score (nSPS) is 32.1. The molecule has 3 heterocycles. The lowest BCUT2D eigenvalue weighted by Crippen LogP contribution is -2.59. The van der Waals surface area contributed by atoms with Crippen molar-refractivity contribution in [3.63, 3.8) is 0 Å². The van der Waals surface area contributed by atoms with E-state index in [2.05, 4.69) is 17.0 Å². The van der Waals surface area contributed by atoms with Crippen LogP contribution in [0.3, 0.4) is 0 Å². The van der Waals surface area contributed by atoms with Gasteiger partial charge < -0.3 is 14.5 Å². The standard InChI is InChI=1S/C33H46N4O4/c1-3-21-14-22-16-23(15-21)18-26(17-22)36-24-8-7-9-25(36)20-27(19-24)37-30-11-6-5-10-28(30)34-32(33(37)40)29(35-41-4-2)12-13-31(38)39/h5-6,10-11,21-27H,3-4,7-9,12-20H2,1-2H3,(H,38,39)/b35-29+/t21?,22-,23+,24-,25+,26?,27?. The highest BCUT2D eigenvalue weighted by Crippen LogP contribution is 2.49. The minimum absolute atomic E-state index is 0.0843. The fourth-order valence-electron chi connectivity index (χ4n) is 9.01. The molecular formula is C33H46N4O4. The molecule has 2 saturated carbocycles. The molecule has 8 heteroatoms. The SMILES string of the molecule is CCO/N=C(\CCC(=O)O)c1nc2ccccc2n(C2C[C@H]3CCC[C@@H](C2)N3C2C[C@H]3CC(CC)C[C@@H](C2)C3)c1=O. The van der Waals surface area contributed by atoms with Crippen molar-refractivity contribution in [1.29, 1.82) is 0 Å². The lowest BCUT2D eigenvalue weighted by atomic mass is 9.64. The van der Waals surface area contributed by atoms with Crippen LogP contribution in [0.15, 0.2) is 34.2 Å². The Labute approximate surface area is 243 Å². The van der Waals surface area contributed by atoms with Crippen molar-refractivity contribution >= 4 is 22.7 Å². The van der Waals surface area contributed by atoms with E-state index in [1.165, 1.54) is 57.8 Å². The maximum Gasteiger partial charge on any atom is 0.303 e. The summed E-state index contributed by atoms with van der Waals surface area (Å²) in [5.74, 6) is 1.77. The van der Waals surface area contributed by atoms with E-state index in [0.29, 0.717) is 30.4 Å². The third kappa shape index (κ3) is 5.81. The van der Waals surface area contributed by atoms with E-state index in [9.17, 15) is 14.7 Å². The summed E-state index contributed by atoms with van der Waals surface area (Å²) in [6, 6.07) is 9.62. The molecule has 222 valence electrons. The summed E-state index contributed by atoms with van der Waals surface area (Å²) < 4.78 is 1.98. The van der Waals surface area contributed by atoms with Gasteiger partial charge in [0.25, 0.3) is 5.56 Å². The molecular weight excluding hydrogens is 516 g/mol. The fraction of sp³-hybridized carbons (Fsp3) is 0.697. The van der Waals surface area contributed by atoms with Crippen LogP contribution in [0.2, 0.25) is 0 Å². The number of benzene rings is 1. The Morgan fingerprint density at radius 1 is 0.951 bits per heavy atom. The highest BCUT2D eigenvalue weighted by Gasteiger charge is 2.46. The van der Waals surface area contributed by atoms with Crippen LogP contribution in [0, 0.1) is 17.8 Å². The van der Waals surface area contributed by atoms with Crippen molar-refractivity contribution in [2.75, 3.05) is 6.61 Å². The van der Waals surface area contributed by atoms with Crippen molar-refractivity contribution in [3.05, 3.63) is 40.3 Å². The number of fused-ring (bicyclic) bond motifs is 5. The molecule has 4 aliphatic rings. The zero-order valence-corrected chi connectivity index (χ0v) is 24.7. The molecule has 2 aromatic rings. The van der Waals surface area contributed by atoms with Gasteiger partial charge in [-0.1, -0.05) is 37.1 Å². The predicted octanol–water partition coefficient (Wildman–Crippen LogP) is 6.16. The molecule has 1 N–H and O–H groups in total. The Morgan fingerprint density at radius 2 is 1.66 bits per heavy atom. The molecule has 2 aliphatic carbocycles. The third-order valence-corrected chi connectivity index (χ3v) is 10.5. The highest BCUT2D eigenvalue weighted by atomic mass is 16.6. The van der Waals surface area contributed by atoms with E-state index < -0.39 is 5.97 Å². The van der Waals surface area contributed by atoms with Crippen molar-refractivity contribution in [2.45, 2.75) is 121 Å². The van der Waals surface area contributed by atoms with Gasteiger partial charge in [0.05, 0.1) is 17.5 Å². The highest BCUT2D eigenvalue weighted by molar-refractivity contribution is 6.00. The number of aliphatic carboxylic acids is 1. The van der Waals surface area contributed by atoms with E-state index in [1.54, 1.807) is 0 Å². The molecule has 0 amide bonds. The minimum atomic E-state index is -0.937. The van der Waals surface area contributed by atoms with Gasteiger partial charge in [-0.05, 0) is 94.6 Å². The average Bonchev–Trinajstić information content (AvgIpc) is 2.96. The van der Waals surface area contributed by atoms with Crippen molar-refractivity contribution in [1.82, 2.24) is 14.5 Å². The number of aromatic nitrogens is 2. The molecule has 2 aliphatic heterocycles. The smallest absolute Gasteiger partial charge is 0.303 e. The summed E-state index contributed by atoms with van der Waals surface area (Å²) in [7, 11) is 0. The molecule has 2 saturated heterocycles. The number of carbonyl (C=O) groups is 1. The van der Waals surface area contributed by atoms with E-state index in [0.717, 1.165) is 41.6 Å². The van der Waals surface area contributed by atoms with Crippen LogP contribution in [0.1, 0.15) is 109 Å². The van der Waals surface area contributed by atoms with Gasteiger partial charge in [0.2, 0.25) is 0 Å². The Hall–Kier alpha value is -2.74. The molecule has 0 radical (unpaired) electrons. The van der Waals surface area contributed by atoms with Gasteiger partial charge in [-0.15, -0.1) is 0 Å². The van der Waals surface area contributed by atoms with Gasteiger partial charge in [0.15, 0.2) is 5.69 Å². The van der Waals surface area contributed by atoms with Crippen molar-refractivity contribution in [2.24, 2.45) is 22.9 Å². The number of para-hydroxylation sites is 2. The van der Waals surface area contributed by atoms with E-state index in [-0.39, 0.29) is 30.1 Å². The van der Waals surface area contributed by atoms with Crippen LogP contribution in [-0.4, -0.2) is 56.0 Å². The summed E-state index contributed by atoms with van der Waals surface area (Å²) in [5.41, 5.74) is 1.94. The average molecular weight is 563 g/mol. The zero-order valence-electron chi connectivity index (χ0n) is 24.7. The zero-order chi connectivity index (χ0) is 28.5. The van der Waals surface area contributed by atoms with Gasteiger partial charge in [-0.3, -0.25) is 14.5 Å². The van der Waals surface area contributed by atoms with Crippen LogP contribution < -0.4 is 5.56 Å².